The summed E-state index contributed by atoms with van der Waals surface area (Å²) in [5.74, 6) is 0.200. The molecule has 0 spiro atoms. The van der Waals surface area contributed by atoms with Crippen LogP contribution in [-0.2, 0) is 11.3 Å². The third-order valence-corrected chi connectivity index (χ3v) is 6.15. The molecule has 0 radical (unpaired) electrons. The first-order valence-electron chi connectivity index (χ1n) is 10.3. The summed E-state index contributed by atoms with van der Waals surface area (Å²) in [6.07, 6.45) is 6.30. The molecule has 2 aromatic heterocycles. The number of thiocarbonyl (C=S) groups is 1. The predicted octanol–water partition coefficient (Wildman–Crippen LogP) is 3.94. The van der Waals surface area contributed by atoms with Crippen LogP contribution < -0.4 is 10.2 Å². The van der Waals surface area contributed by atoms with Crippen molar-refractivity contribution in [3.05, 3.63) is 78.4 Å². The smallest absolute Gasteiger partial charge is 0.174 e. The fourth-order valence-corrected chi connectivity index (χ4v) is 4.79. The lowest BCUT2D eigenvalue weighted by atomic mass is 10.0. The molecule has 2 N–H and O–H groups in total. The van der Waals surface area contributed by atoms with E-state index in [-0.39, 0.29) is 23.9 Å². The van der Waals surface area contributed by atoms with Gasteiger partial charge in [-0.05, 0) is 61.5 Å². The first-order valence-corrected chi connectivity index (χ1v) is 10.7. The number of rotatable bonds is 5. The molecule has 2 fully saturated rings. The van der Waals surface area contributed by atoms with Crippen molar-refractivity contribution in [2.24, 2.45) is 0 Å². The minimum Gasteiger partial charge on any atom is -0.506 e. The molecule has 0 bridgehead atoms. The molecule has 5 rings (SSSR count). The number of pyridine rings is 1. The molecule has 2 saturated heterocycles. The number of nitrogens with one attached hydrogen (secondary N) is 1. The average molecular weight is 421 g/mol. The first-order chi connectivity index (χ1) is 14.7. The zero-order valence-electron chi connectivity index (χ0n) is 16.5. The van der Waals surface area contributed by atoms with Crippen LogP contribution in [0.1, 0.15) is 36.3 Å². The molecular weight excluding hydrogens is 396 g/mol. The van der Waals surface area contributed by atoms with Crippen LogP contribution in [0.4, 0.5) is 5.69 Å². The fourth-order valence-electron chi connectivity index (χ4n) is 4.45. The SMILES string of the molecule is Oc1ccccc1N1C(=S)N[C@@H](c2ccccn2)[C@H]1c1cccn1C[C@@H]1CCCO1. The van der Waals surface area contributed by atoms with E-state index < -0.39 is 0 Å². The molecule has 3 aromatic rings. The molecule has 6 nitrogen and oxygen atoms in total. The monoisotopic (exact) mass is 420 g/mol. The summed E-state index contributed by atoms with van der Waals surface area (Å²) in [6.45, 7) is 1.63. The van der Waals surface area contributed by atoms with Crippen LogP contribution in [0.25, 0.3) is 0 Å². The molecule has 154 valence electrons. The summed E-state index contributed by atoms with van der Waals surface area (Å²) in [7, 11) is 0. The van der Waals surface area contributed by atoms with Gasteiger partial charge in [0.1, 0.15) is 11.8 Å². The highest BCUT2D eigenvalue weighted by molar-refractivity contribution is 7.80. The van der Waals surface area contributed by atoms with Gasteiger partial charge in [0.2, 0.25) is 0 Å². The predicted molar refractivity (Wildman–Crippen MR) is 119 cm³/mol. The standard InChI is InChI=1S/C23H24N4O2S/c28-20-11-2-1-9-18(20)27-22(21(25-23(27)30)17-8-3-4-12-24-17)19-10-5-13-26(19)15-16-7-6-14-29-16/h1-5,8-13,16,21-22,28H,6-7,14-15H2,(H,25,30)/t16-,21-,22+/m0/s1. The number of phenols is 1. The molecular formula is C23H24N4O2S. The summed E-state index contributed by atoms with van der Waals surface area (Å²) >= 11 is 5.74. The van der Waals surface area contributed by atoms with Gasteiger partial charge >= 0.3 is 0 Å². The lowest BCUT2D eigenvalue weighted by Gasteiger charge is -2.29. The molecule has 7 heteroatoms. The van der Waals surface area contributed by atoms with Crippen molar-refractivity contribution < 1.29 is 9.84 Å². The van der Waals surface area contributed by atoms with Crippen LogP contribution in [0.3, 0.4) is 0 Å². The Labute approximate surface area is 181 Å². The third kappa shape index (κ3) is 3.44. The normalized spacial score (nSPS) is 23.7. The Hall–Kier alpha value is -2.90. The topological polar surface area (TPSA) is 62.5 Å². The van der Waals surface area contributed by atoms with E-state index in [2.05, 4.69) is 33.2 Å². The molecule has 4 heterocycles. The Bertz CT molecular complexity index is 1030. The second kappa shape index (κ2) is 8.08. The summed E-state index contributed by atoms with van der Waals surface area (Å²) in [6, 6.07) is 17.1. The van der Waals surface area contributed by atoms with Crippen LogP contribution in [-0.4, -0.2) is 32.5 Å². The van der Waals surface area contributed by atoms with Crippen molar-refractivity contribution >= 4 is 23.0 Å². The number of phenolic OH excluding ortho intramolecular Hbond substituents is 1. The molecule has 3 atom stereocenters. The highest BCUT2D eigenvalue weighted by Crippen LogP contribution is 2.44. The molecule has 0 aliphatic carbocycles. The number of aromatic nitrogens is 2. The number of ether oxygens (including phenoxy) is 1. The third-order valence-electron chi connectivity index (χ3n) is 5.83. The maximum Gasteiger partial charge on any atom is 0.174 e. The molecule has 2 aliphatic rings. The first kappa shape index (κ1) is 19.1. The van der Waals surface area contributed by atoms with Crippen LogP contribution in [0.5, 0.6) is 5.75 Å². The van der Waals surface area contributed by atoms with Gasteiger partial charge in [0.25, 0.3) is 0 Å². The van der Waals surface area contributed by atoms with Crippen molar-refractivity contribution in [2.75, 3.05) is 11.5 Å². The highest BCUT2D eigenvalue weighted by Gasteiger charge is 2.43. The van der Waals surface area contributed by atoms with Gasteiger partial charge in [-0.2, -0.15) is 0 Å². The number of hydrogen-bond acceptors (Lipinski definition) is 4. The van der Waals surface area contributed by atoms with E-state index in [0.717, 1.165) is 37.4 Å². The lowest BCUT2D eigenvalue weighted by molar-refractivity contribution is 0.0961. The Kier molecular flexibility index (Phi) is 5.14. The van der Waals surface area contributed by atoms with Gasteiger partial charge in [-0.25, -0.2) is 0 Å². The molecule has 1 aromatic carbocycles. The molecule has 0 saturated carbocycles. The van der Waals surface area contributed by atoms with Crippen molar-refractivity contribution in [1.29, 1.82) is 0 Å². The van der Waals surface area contributed by atoms with Crippen LogP contribution in [0.2, 0.25) is 0 Å². The Morgan fingerprint density at radius 2 is 2.00 bits per heavy atom. The van der Waals surface area contributed by atoms with Gasteiger partial charge in [0, 0.05) is 31.2 Å². The zero-order valence-corrected chi connectivity index (χ0v) is 17.3. The van der Waals surface area contributed by atoms with Crippen molar-refractivity contribution in [3.8, 4) is 5.75 Å². The second-order valence-electron chi connectivity index (χ2n) is 7.71. The number of nitrogens with zero attached hydrogens (tertiary/aromatic N) is 3. The van der Waals surface area contributed by atoms with E-state index in [9.17, 15) is 5.11 Å². The fraction of sp³-hybridized carbons (Fsp3) is 0.304. The minimum atomic E-state index is -0.155. The Morgan fingerprint density at radius 3 is 2.77 bits per heavy atom. The van der Waals surface area contributed by atoms with E-state index in [1.54, 1.807) is 12.3 Å². The second-order valence-corrected chi connectivity index (χ2v) is 8.09. The van der Waals surface area contributed by atoms with E-state index in [1.165, 1.54) is 0 Å². The maximum absolute atomic E-state index is 10.6. The van der Waals surface area contributed by atoms with E-state index in [1.807, 2.05) is 41.3 Å². The van der Waals surface area contributed by atoms with Gasteiger partial charge in [0.15, 0.2) is 5.11 Å². The minimum absolute atomic E-state index is 0.142. The van der Waals surface area contributed by atoms with Crippen LogP contribution >= 0.6 is 12.2 Å². The Balaban J connectivity index is 1.59. The van der Waals surface area contributed by atoms with Gasteiger partial charge in [-0.1, -0.05) is 18.2 Å². The molecule has 2 aliphatic heterocycles. The summed E-state index contributed by atoms with van der Waals surface area (Å²) in [4.78, 5) is 6.60. The van der Waals surface area contributed by atoms with Crippen molar-refractivity contribution in [2.45, 2.75) is 37.6 Å². The molecule has 0 amide bonds. The zero-order chi connectivity index (χ0) is 20.5. The van der Waals surface area contributed by atoms with E-state index >= 15 is 0 Å². The van der Waals surface area contributed by atoms with Gasteiger partial charge in [-0.3, -0.25) is 4.98 Å². The lowest BCUT2D eigenvalue weighted by Crippen LogP contribution is -2.31. The molecule has 0 unspecified atom stereocenters. The number of hydrogen-bond donors (Lipinski definition) is 2. The van der Waals surface area contributed by atoms with Crippen molar-refractivity contribution in [1.82, 2.24) is 14.9 Å². The molecule has 30 heavy (non-hydrogen) atoms. The van der Waals surface area contributed by atoms with Crippen molar-refractivity contribution in [3.63, 3.8) is 0 Å². The summed E-state index contributed by atoms with van der Waals surface area (Å²) in [5.41, 5.74) is 2.70. The maximum atomic E-state index is 10.6. The van der Waals surface area contributed by atoms with E-state index in [4.69, 9.17) is 17.0 Å². The summed E-state index contributed by atoms with van der Waals surface area (Å²) in [5, 5.41) is 14.6. The number of para-hydroxylation sites is 2. The van der Waals surface area contributed by atoms with Gasteiger partial charge in [0.05, 0.1) is 23.5 Å². The van der Waals surface area contributed by atoms with Crippen LogP contribution in [0.15, 0.2) is 67.0 Å². The van der Waals surface area contributed by atoms with Crippen LogP contribution in [0, 0.1) is 0 Å². The number of benzene rings is 1. The van der Waals surface area contributed by atoms with E-state index in [0.29, 0.717) is 10.8 Å². The average Bonchev–Trinajstić information content (AvgIpc) is 3.50. The number of aromatic hydroxyl groups is 1. The highest BCUT2D eigenvalue weighted by atomic mass is 32.1. The summed E-state index contributed by atoms with van der Waals surface area (Å²) < 4.78 is 8.13. The van der Waals surface area contributed by atoms with Gasteiger partial charge < -0.3 is 24.6 Å². The Morgan fingerprint density at radius 1 is 1.13 bits per heavy atom. The number of anilines is 1. The quantitative estimate of drug-likeness (QED) is 0.610. The largest absolute Gasteiger partial charge is 0.506 e. The van der Waals surface area contributed by atoms with Gasteiger partial charge in [-0.15, -0.1) is 0 Å².